The van der Waals surface area contributed by atoms with Crippen LogP contribution in [0.2, 0.25) is 0 Å². The maximum absolute atomic E-state index is 12.0. The lowest BCUT2D eigenvalue weighted by Gasteiger charge is -2.11. The van der Waals surface area contributed by atoms with Crippen molar-refractivity contribution in [2.45, 2.75) is 13.8 Å². The molecule has 0 atom stereocenters. The van der Waals surface area contributed by atoms with Crippen molar-refractivity contribution in [1.29, 1.82) is 0 Å². The molecule has 2 aromatic rings. The quantitative estimate of drug-likeness (QED) is 0.462. The third-order valence-electron chi connectivity index (χ3n) is 2.63. The standard InChI is InChI=1S/C15H13IO2/c1-10-8-13(16)9-11(2)14(10)18-15(17)12-6-4-3-5-7-12/h3-9H,1-2H3. The molecule has 0 heterocycles. The molecule has 0 aliphatic carbocycles. The lowest BCUT2D eigenvalue weighted by molar-refractivity contribution is 0.0732. The van der Waals surface area contributed by atoms with E-state index in [9.17, 15) is 4.79 Å². The summed E-state index contributed by atoms with van der Waals surface area (Å²) in [6.07, 6.45) is 0. The zero-order chi connectivity index (χ0) is 13.1. The van der Waals surface area contributed by atoms with E-state index in [1.54, 1.807) is 12.1 Å². The smallest absolute Gasteiger partial charge is 0.343 e. The molecule has 0 aliphatic rings. The van der Waals surface area contributed by atoms with Gasteiger partial charge < -0.3 is 4.74 Å². The van der Waals surface area contributed by atoms with Gasteiger partial charge in [-0.05, 0) is 71.8 Å². The number of halogens is 1. The molecular weight excluding hydrogens is 339 g/mol. The third-order valence-corrected chi connectivity index (χ3v) is 3.25. The molecule has 3 heteroatoms. The summed E-state index contributed by atoms with van der Waals surface area (Å²) in [5, 5.41) is 0. The van der Waals surface area contributed by atoms with Gasteiger partial charge >= 0.3 is 5.97 Å². The summed E-state index contributed by atoms with van der Waals surface area (Å²) in [6, 6.07) is 13.0. The second-order valence-electron chi connectivity index (χ2n) is 4.12. The highest BCUT2D eigenvalue weighted by molar-refractivity contribution is 14.1. The summed E-state index contributed by atoms with van der Waals surface area (Å²) in [6.45, 7) is 3.89. The zero-order valence-corrected chi connectivity index (χ0v) is 12.4. The van der Waals surface area contributed by atoms with E-state index in [-0.39, 0.29) is 5.97 Å². The number of esters is 1. The molecule has 0 spiro atoms. The van der Waals surface area contributed by atoms with Crippen LogP contribution < -0.4 is 4.74 Å². The lowest BCUT2D eigenvalue weighted by Crippen LogP contribution is -2.10. The minimum absolute atomic E-state index is 0.317. The number of hydrogen-bond donors (Lipinski definition) is 0. The Morgan fingerprint density at radius 1 is 1.06 bits per heavy atom. The van der Waals surface area contributed by atoms with Crippen molar-refractivity contribution in [2.75, 3.05) is 0 Å². The van der Waals surface area contributed by atoms with E-state index in [1.165, 1.54) is 0 Å². The first-order valence-electron chi connectivity index (χ1n) is 5.62. The number of ether oxygens (including phenoxy) is 1. The Morgan fingerprint density at radius 2 is 1.61 bits per heavy atom. The summed E-state index contributed by atoms with van der Waals surface area (Å²) in [5.74, 6) is 0.340. The molecule has 0 radical (unpaired) electrons. The Hall–Kier alpha value is -1.36. The van der Waals surface area contributed by atoms with E-state index < -0.39 is 0 Å². The molecule has 2 aromatic carbocycles. The maximum atomic E-state index is 12.0. The molecule has 0 saturated carbocycles. The summed E-state index contributed by atoms with van der Waals surface area (Å²) in [7, 11) is 0. The van der Waals surface area contributed by atoms with Crippen molar-refractivity contribution in [3.63, 3.8) is 0 Å². The highest BCUT2D eigenvalue weighted by atomic mass is 127. The van der Waals surface area contributed by atoms with Gasteiger partial charge in [0.25, 0.3) is 0 Å². The SMILES string of the molecule is Cc1cc(I)cc(C)c1OC(=O)c1ccccc1. The zero-order valence-electron chi connectivity index (χ0n) is 10.2. The van der Waals surface area contributed by atoms with Gasteiger partial charge in [-0.25, -0.2) is 4.79 Å². The molecular formula is C15H13IO2. The summed E-state index contributed by atoms with van der Waals surface area (Å²) in [4.78, 5) is 12.0. The first kappa shape index (κ1) is 13.1. The fraction of sp³-hybridized carbons (Fsp3) is 0.133. The number of carbonyl (C=O) groups excluding carboxylic acids is 1. The number of hydrogen-bond acceptors (Lipinski definition) is 2. The van der Waals surface area contributed by atoms with Gasteiger partial charge in [-0.3, -0.25) is 0 Å². The minimum Gasteiger partial charge on any atom is -0.422 e. The average molecular weight is 352 g/mol. The Labute approximate surface area is 120 Å². The van der Waals surface area contributed by atoms with Gasteiger partial charge in [0, 0.05) is 3.57 Å². The van der Waals surface area contributed by atoms with E-state index in [4.69, 9.17) is 4.74 Å². The van der Waals surface area contributed by atoms with Gasteiger partial charge in [0.1, 0.15) is 5.75 Å². The van der Waals surface area contributed by atoms with Crippen molar-refractivity contribution in [3.8, 4) is 5.75 Å². The van der Waals surface area contributed by atoms with Gasteiger partial charge in [0.2, 0.25) is 0 Å². The molecule has 2 rings (SSSR count). The van der Waals surface area contributed by atoms with Crippen LogP contribution in [0, 0.1) is 17.4 Å². The van der Waals surface area contributed by atoms with Crippen LogP contribution in [-0.2, 0) is 0 Å². The van der Waals surface area contributed by atoms with Crippen LogP contribution in [0.15, 0.2) is 42.5 Å². The van der Waals surface area contributed by atoms with Crippen molar-refractivity contribution < 1.29 is 9.53 Å². The van der Waals surface area contributed by atoms with Crippen molar-refractivity contribution >= 4 is 28.6 Å². The molecule has 0 fully saturated rings. The van der Waals surface area contributed by atoms with Crippen LogP contribution in [0.1, 0.15) is 21.5 Å². The third kappa shape index (κ3) is 2.90. The molecule has 0 N–H and O–H groups in total. The van der Waals surface area contributed by atoms with Crippen molar-refractivity contribution in [3.05, 3.63) is 62.7 Å². The first-order valence-corrected chi connectivity index (χ1v) is 6.70. The maximum Gasteiger partial charge on any atom is 0.343 e. The predicted octanol–water partition coefficient (Wildman–Crippen LogP) is 4.13. The Kier molecular flexibility index (Phi) is 4.01. The van der Waals surface area contributed by atoms with Crippen LogP contribution in [0.5, 0.6) is 5.75 Å². The molecule has 0 unspecified atom stereocenters. The van der Waals surface area contributed by atoms with Crippen LogP contribution in [0.4, 0.5) is 0 Å². The Balaban J connectivity index is 2.28. The van der Waals surface area contributed by atoms with Gasteiger partial charge in [-0.2, -0.15) is 0 Å². The summed E-state index contributed by atoms with van der Waals surface area (Å²) >= 11 is 2.25. The number of rotatable bonds is 2. The van der Waals surface area contributed by atoms with Gasteiger partial charge in [-0.15, -0.1) is 0 Å². The average Bonchev–Trinajstić information content (AvgIpc) is 2.34. The molecule has 0 bridgehead atoms. The van der Waals surface area contributed by atoms with E-state index in [2.05, 4.69) is 22.6 Å². The van der Waals surface area contributed by atoms with Crippen LogP contribution in [0.3, 0.4) is 0 Å². The molecule has 0 saturated heterocycles. The van der Waals surface area contributed by atoms with Gasteiger partial charge in [0.15, 0.2) is 0 Å². The predicted molar refractivity (Wildman–Crippen MR) is 80.0 cm³/mol. The van der Waals surface area contributed by atoms with E-state index in [0.29, 0.717) is 11.3 Å². The molecule has 18 heavy (non-hydrogen) atoms. The van der Waals surface area contributed by atoms with Crippen LogP contribution in [-0.4, -0.2) is 5.97 Å². The minimum atomic E-state index is -0.317. The first-order chi connectivity index (χ1) is 8.58. The largest absolute Gasteiger partial charge is 0.422 e. The van der Waals surface area contributed by atoms with Gasteiger partial charge in [-0.1, -0.05) is 18.2 Å². The van der Waals surface area contributed by atoms with Crippen LogP contribution >= 0.6 is 22.6 Å². The molecule has 0 aliphatic heterocycles. The summed E-state index contributed by atoms with van der Waals surface area (Å²) < 4.78 is 6.62. The lowest BCUT2D eigenvalue weighted by atomic mass is 10.1. The number of benzene rings is 2. The normalized spacial score (nSPS) is 10.2. The van der Waals surface area contributed by atoms with E-state index >= 15 is 0 Å². The van der Waals surface area contributed by atoms with Crippen LogP contribution in [0.25, 0.3) is 0 Å². The molecule has 92 valence electrons. The Morgan fingerprint density at radius 3 is 2.17 bits per heavy atom. The fourth-order valence-corrected chi connectivity index (χ4v) is 2.72. The van der Waals surface area contributed by atoms with Crippen molar-refractivity contribution in [2.24, 2.45) is 0 Å². The molecule has 2 nitrogen and oxygen atoms in total. The van der Waals surface area contributed by atoms with Gasteiger partial charge in [0.05, 0.1) is 5.56 Å². The highest BCUT2D eigenvalue weighted by Gasteiger charge is 2.12. The highest BCUT2D eigenvalue weighted by Crippen LogP contribution is 2.26. The number of carbonyl (C=O) groups is 1. The topological polar surface area (TPSA) is 26.3 Å². The van der Waals surface area contributed by atoms with Crippen molar-refractivity contribution in [1.82, 2.24) is 0 Å². The molecule has 0 amide bonds. The monoisotopic (exact) mass is 352 g/mol. The second kappa shape index (κ2) is 5.52. The van der Waals surface area contributed by atoms with E-state index in [0.717, 1.165) is 14.7 Å². The fourth-order valence-electron chi connectivity index (χ4n) is 1.78. The second-order valence-corrected chi connectivity index (χ2v) is 5.37. The summed E-state index contributed by atoms with van der Waals surface area (Å²) in [5.41, 5.74) is 2.52. The number of aryl methyl sites for hydroxylation is 2. The van der Waals surface area contributed by atoms with E-state index in [1.807, 2.05) is 44.2 Å². The Bertz CT molecular complexity index is 553. The molecule has 0 aromatic heterocycles.